The quantitative estimate of drug-likeness (QED) is 0.260. The predicted octanol–water partition coefficient (Wildman–Crippen LogP) is 5.92. The molecule has 0 aliphatic carbocycles. The minimum Gasteiger partial charge on any atom is -0.326 e. The number of benzene rings is 2. The van der Waals surface area contributed by atoms with E-state index in [0.717, 1.165) is 37.0 Å². The van der Waals surface area contributed by atoms with Gasteiger partial charge in [-0.25, -0.2) is 5.43 Å². The summed E-state index contributed by atoms with van der Waals surface area (Å²) in [4.78, 5) is 24.5. The Balaban J connectivity index is 1.87. The van der Waals surface area contributed by atoms with Gasteiger partial charge in [0.05, 0.1) is 5.71 Å². The number of anilines is 1. The molecule has 160 valence electrons. The fourth-order valence-electron chi connectivity index (χ4n) is 3.13. The predicted molar refractivity (Wildman–Crippen MR) is 124 cm³/mol. The number of hydrazone groups is 1. The lowest BCUT2D eigenvalue weighted by Gasteiger charge is -2.08. The van der Waals surface area contributed by atoms with Gasteiger partial charge >= 0.3 is 0 Å². The summed E-state index contributed by atoms with van der Waals surface area (Å²) in [5.41, 5.74) is 5.71. The Labute approximate surface area is 180 Å². The maximum atomic E-state index is 12.4. The molecule has 0 unspecified atom stereocenters. The summed E-state index contributed by atoms with van der Waals surface area (Å²) < 4.78 is 0. The van der Waals surface area contributed by atoms with Crippen LogP contribution in [0.4, 0.5) is 5.69 Å². The minimum absolute atomic E-state index is 0.0142. The number of carbonyl (C=O) groups is 2. The summed E-state index contributed by atoms with van der Waals surface area (Å²) in [7, 11) is 0. The maximum absolute atomic E-state index is 12.4. The van der Waals surface area contributed by atoms with Gasteiger partial charge in [0.25, 0.3) is 5.91 Å². The smallest absolute Gasteiger partial charge is 0.271 e. The van der Waals surface area contributed by atoms with Crippen molar-refractivity contribution in [2.75, 3.05) is 5.32 Å². The SMILES string of the molecule is CCCCCCCC(=O)Nc1ccc(C(=O)NN=C(CCC)c2ccccc2)cc1. The summed E-state index contributed by atoms with van der Waals surface area (Å²) in [5, 5.41) is 7.22. The van der Waals surface area contributed by atoms with Crippen molar-refractivity contribution in [3.8, 4) is 0 Å². The molecular weight excluding hydrogens is 374 g/mol. The van der Waals surface area contributed by atoms with Crippen molar-refractivity contribution in [1.29, 1.82) is 0 Å². The Morgan fingerprint density at radius 1 is 0.767 bits per heavy atom. The second-order valence-electron chi connectivity index (χ2n) is 7.41. The highest BCUT2D eigenvalue weighted by atomic mass is 16.2. The van der Waals surface area contributed by atoms with E-state index in [1.807, 2.05) is 30.3 Å². The molecule has 0 saturated heterocycles. The van der Waals surface area contributed by atoms with Crippen LogP contribution in [-0.2, 0) is 4.79 Å². The van der Waals surface area contributed by atoms with Crippen molar-refractivity contribution < 1.29 is 9.59 Å². The van der Waals surface area contributed by atoms with E-state index in [4.69, 9.17) is 0 Å². The Kier molecular flexibility index (Phi) is 10.3. The summed E-state index contributed by atoms with van der Waals surface area (Å²) in [6, 6.07) is 16.7. The van der Waals surface area contributed by atoms with Gasteiger partial charge in [0, 0.05) is 17.7 Å². The van der Waals surface area contributed by atoms with Crippen molar-refractivity contribution in [3.05, 3.63) is 65.7 Å². The molecule has 5 nitrogen and oxygen atoms in total. The molecule has 0 atom stereocenters. The highest BCUT2D eigenvalue weighted by Gasteiger charge is 2.08. The average Bonchev–Trinajstić information content (AvgIpc) is 2.77. The lowest BCUT2D eigenvalue weighted by molar-refractivity contribution is -0.116. The summed E-state index contributed by atoms with van der Waals surface area (Å²) in [5.74, 6) is -0.256. The monoisotopic (exact) mass is 407 g/mol. The number of nitrogens with zero attached hydrogens (tertiary/aromatic N) is 1. The van der Waals surface area contributed by atoms with Crippen molar-refractivity contribution >= 4 is 23.2 Å². The van der Waals surface area contributed by atoms with Crippen LogP contribution in [0.25, 0.3) is 0 Å². The number of carbonyl (C=O) groups excluding carboxylic acids is 2. The molecule has 0 bridgehead atoms. The van der Waals surface area contributed by atoms with Crippen LogP contribution in [0.2, 0.25) is 0 Å². The number of amides is 2. The standard InChI is InChI=1S/C25H33N3O2/c1-3-5-6-7-11-15-24(29)26-22-18-16-21(17-19-22)25(30)28-27-23(12-4-2)20-13-9-8-10-14-20/h8-10,13-14,16-19H,3-7,11-12,15H2,1-2H3,(H,26,29)(H,28,30). The number of hydrogen-bond acceptors (Lipinski definition) is 3. The average molecular weight is 408 g/mol. The van der Waals surface area contributed by atoms with Gasteiger partial charge in [-0.1, -0.05) is 76.3 Å². The zero-order valence-corrected chi connectivity index (χ0v) is 18.1. The van der Waals surface area contributed by atoms with Gasteiger partial charge in [-0.15, -0.1) is 0 Å². The molecule has 2 amide bonds. The molecule has 0 aliphatic heterocycles. The second kappa shape index (κ2) is 13.3. The molecular formula is C25H33N3O2. The summed E-state index contributed by atoms with van der Waals surface area (Å²) >= 11 is 0. The molecule has 0 aliphatic rings. The van der Waals surface area contributed by atoms with E-state index >= 15 is 0 Å². The zero-order valence-electron chi connectivity index (χ0n) is 18.1. The Morgan fingerprint density at radius 3 is 2.13 bits per heavy atom. The molecule has 0 fully saturated rings. The zero-order chi connectivity index (χ0) is 21.6. The maximum Gasteiger partial charge on any atom is 0.271 e. The number of nitrogens with one attached hydrogen (secondary N) is 2. The summed E-state index contributed by atoms with van der Waals surface area (Å²) in [6.07, 6.45) is 7.85. The van der Waals surface area contributed by atoms with Crippen molar-refractivity contribution in [2.24, 2.45) is 5.10 Å². The number of hydrogen-bond donors (Lipinski definition) is 2. The minimum atomic E-state index is -0.270. The molecule has 2 aromatic rings. The molecule has 0 saturated carbocycles. The molecule has 0 spiro atoms. The van der Waals surface area contributed by atoms with E-state index < -0.39 is 0 Å². The van der Waals surface area contributed by atoms with Gasteiger partial charge in [-0.3, -0.25) is 9.59 Å². The molecule has 5 heteroatoms. The van der Waals surface area contributed by atoms with Gasteiger partial charge in [0.1, 0.15) is 0 Å². The Hall–Kier alpha value is -2.95. The largest absolute Gasteiger partial charge is 0.326 e. The lowest BCUT2D eigenvalue weighted by Crippen LogP contribution is -2.20. The topological polar surface area (TPSA) is 70.6 Å². The van der Waals surface area contributed by atoms with Crippen LogP contribution >= 0.6 is 0 Å². The molecule has 2 N–H and O–H groups in total. The van der Waals surface area contributed by atoms with Gasteiger partial charge in [0.15, 0.2) is 0 Å². The van der Waals surface area contributed by atoms with E-state index in [1.54, 1.807) is 24.3 Å². The van der Waals surface area contributed by atoms with Crippen LogP contribution in [0.1, 0.15) is 81.1 Å². The molecule has 2 rings (SSSR count). The normalized spacial score (nSPS) is 11.2. The Morgan fingerprint density at radius 2 is 1.47 bits per heavy atom. The van der Waals surface area contributed by atoms with Crippen molar-refractivity contribution in [2.45, 2.75) is 65.2 Å². The molecule has 2 aromatic carbocycles. The molecule has 0 aromatic heterocycles. The first-order chi connectivity index (χ1) is 14.6. The fraction of sp³-hybridized carbons (Fsp3) is 0.400. The number of unbranched alkanes of at least 4 members (excludes halogenated alkanes) is 4. The van der Waals surface area contributed by atoms with Crippen molar-refractivity contribution in [3.63, 3.8) is 0 Å². The van der Waals surface area contributed by atoms with Crippen LogP contribution in [0.5, 0.6) is 0 Å². The van der Waals surface area contributed by atoms with E-state index in [2.05, 4.69) is 29.7 Å². The first kappa shape index (κ1) is 23.3. The first-order valence-corrected chi connectivity index (χ1v) is 11.0. The van der Waals surface area contributed by atoms with Gasteiger partial charge in [0.2, 0.25) is 5.91 Å². The molecule has 0 radical (unpaired) electrons. The van der Waals surface area contributed by atoms with E-state index in [0.29, 0.717) is 17.7 Å². The van der Waals surface area contributed by atoms with Gasteiger partial charge in [-0.2, -0.15) is 5.10 Å². The van der Waals surface area contributed by atoms with Crippen LogP contribution in [0.15, 0.2) is 59.7 Å². The number of rotatable bonds is 12. The van der Waals surface area contributed by atoms with Crippen LogP contribution < -0.4 is 10.7 Å². The second-order valence-corrected chi connectivity index (χ2v) is 7.41. The van der Waals surface area contributed by atoms with Crippen LogP contribution in [0, 0.1) is 0 Å². The third-order valence-electron chi connectivity index (χ3n) is 4.82. The van der Waals surface area contributed by atoms with Gasteiger partial charge in [-0.05, 0) is 42.7 Å². The highest BCUT2D eigenvalue weighted by Crippen LogP contribution is 2.12. The molecule has 30 heavy (non-hydrogen) atoms. The van der Waals surface area contributed by atoms with E-state index in [9.17, 15) is 9.59 Å². The highest BCUT2D eigenvalue weighted by molar-refractivity contribution is 6.02. The lowest BCUT2D eigenvalue weighted by atomic mass is 10.1. The van der Waals surface area contributed by atoms with E-state index in [-0.39, 0.29) is 11.8 Å². The van der Waals surface area contributed by atoms with Crippen LogP contribution in [-0.4, -0.2) is 17.5 Å². The van der Waals surface area contributed by atoms with E-state index in [1.165, 1.54) is 19.3 Å². The first-order valence-electron chi connectivity index (χ1n) is 11.0. The molecule has 0 heterocycles. The van der Waals surface area contributed by atoms with Crippen LogP contribution in [0.3, 0.4) is 0 Å². The summed E-state index contributed by atoms with van der Waals surface area (Å²) in [6.45, 7) is 4.26. The van der Waals surface area contributed by atoms with Crippen molar-refractivity contribution in [1.82, 2.24) is 5.43 Å². The third-order valence-corrected chi connectivity index (χ3v) is 4.82. The Bertz CT molecular complexity index is 814. The third kappa shape index (κ3) is 8.19. The fourth-order valence-corrected chi connectivity index (χ4v) is 3.13. The van der Waals surface area contributed by atoms with Gasteiger partial charge < -0.3 is 5.32 Å².